The lowest BCUT2D eigenvalue weighted by atomic mass is 9.44. The number of amides is 2. The lowest BCUT2D eigenvalue weighted by molar-refractivity contribution is -0.196. The van der Waals surface area contributed by atoms with Crippen molar-refractivity contribution in [1.82, 2.24) is 25.3 Å². The minimum absolute atomic E-state index is 0.0707. The van der Waals surface area contributed by atoms with E-state index in [9.17, 15) is 24.8 Å². The molecule has 2 aliphatic heterocycles. The van der Waals surface area contributed by atoms with E-state index in [0.29, 0.717) is 34.3 Å². The lowest BCUT2D eigenvalue weighted by Crippen LogP contribution is -2.66. The molecule has 0 spiro atoms. The highest BCUT2D eigenvalue weighted by molar-refractivity contribution is 7.13. The second-order valence-electron chi connectivity index (χ2n) is 21.0. The van der Waals surface area contributed by atoms with Gasteiger partial charge in [-0.05, 0) is 73.9 Å². The zero-order chi connectivity index (χ0) is 50.1. The number of ether oxygens (including phenoxy) is 1. The Hall–Kier alpha value is -5.59. The van der Waals surface area contributed by atoms with Crippen LogP contribution in [-0.4, -0.2) is 100 Å². The molecule has 1 aliphatic carbocycles. The van der Waals surface area contributed by atoms with Crippen molar-refractivity contribution >= 4 is 46.4 Å². The zero-order valence-corrected chi connectivity index (χ0v) is 43.1. The van der Waals surface area contributed by atoms with Crippen LogP contribution in [0.5, 0.6) is 5.75 Å². The third kappa shape index (κ3) is 10.7. The average Bonchev–Trinajstić information content (AvgIpc) is 4.10. The number of aromatic nitrogens is 2. The first-order chi connectivity index (χ1) is 33.3. The highest BCUT2D eigenvalue weighted by Crippen LogP contribution is 2.62. The van der Waals surface area contributed by atoms with Gasteiger partial charge in [-0.25, -0.2) is 4.98 Å². The zero-order valence-electron chi connectivity index (χ0n) is 41.6. The minimum atomic E-state index is -0.813. The fourth-order valence-electron chi connectivity index (χ4n) is 11.4. The first-order valence-electron chi connectivity index (χ1n) is 24.6. The van der Waals surface area contributed by atoms with Gasteiger partial charge >= 0.3 is 0 Å². The van der Waals surface area contributed by atoms with E-state index >= 15 is 0 Å². The Balaban J connectivity index is 0.788. The van der Waals surface area contributed by atoms with Crippen molar-refractivity contribution in [2.24, 2.45) is 22.7 Å². The number of ketones is 1. The summed E-state index contributed by atoms with van der Waals surface area (Å²) in [6.07, 6.45) is 1.55. The largest absolute Gasteiger partial charge is 0.489 e. The number of hydrogen-bond donors (Lipinski definition) is 2. The number of nitrogens with zero attached hydrogens (tertiary/aromatic N) is 6. The molecule has 15 heteroatoms. The number of likely N-dealkylation sites (tertiary alicyclic amines) is 1. The van der Waals surface area contributed by atoms with Crippen LogP contribution in [0.4, 0.5) is 5.82 Å². The molecule has 13 nitrogen and oxygen atoms in total. The van der Waals surface area contributed by atoms with Crippen molar-refractivity contribution in [3.05, 3.63) is 117 Å². The van der Waals surface area contributed by atoms with E-state index in [2.05, 4.69) is 71.2 Å². The maximum Gasteiger partial charge on any atom is 0.243 e. The number of nitriles is 1. The molecule has 3 aromatic carbocycles. The van der Waals surface area contributed by atoms with Crippen LogP contribution in [0.2, 0.25) is 5.02 Å². The fraction of sp³-hybridized carbons (Fsp3) is 0.491. The van der Waals surface area contributed by atoms with Crippen LogP contribution in [0, 0.1) is 40.9 Å². The molecular formula is C55H66ClN7O6S. The molecule has 2 N–H and O–H groups in total. The number of halogens is 1. The SMILES string of the molecule is Cc1ncsc1-c1ccc([C@H](C)NC(=O)[C@@H]2C[C@@H](O)CN2C(=O)[C@H](c2cc(N3CCN(CCCc4ccc(C(=O)CC5C(C)(C)C(Oc6ccc(C#N)c(Cl)c6)C5(C)C)cc4)CC3)no2)C(C)C)cc1. The summed E-state index contributed by atoms with van der Waals surface area (Å²) in [5.74, 6) is 0.645. The molecule has 8 rings (SSSR count). The lowest BCUT2D eigenvalue weighted by Gasteiger charge is -2.63. The van der Waals surface area contributed by atoms with Gasteiger partial charge in [-0.3, -0.25) is 19.3 Å². The second kappa shape index (κ2) is 21.0. The molecule has 0 bridgehead atoms. The van der Waals surface area contributed by atoms with Gasteiger partial charge in [-0.2, -0.15) is 5.26 Å². The predicted molar refractivity (Wildman–Crippen MR) is 273 cm³/mol. The van der Waals surface area contributed by atoms with Crippen LogP contribution < -0.4 is 15.0 Å². The smallest absolute Gasteiger partial charge is 0.243 e. The number of benzene rings is 3. The fourth-order valence-corrected chi connectivity index (χ4v) is 12.4. The summed E-state index contributed by atoms with van der Waals surface area (Å²) in [5.41, 5.74) is 6.67. The summed E-state index contributed by atoms with van der Waals surface area (Å²) in [5, 5.41) is 27.9. The molecule has 70 heavy (non-hydrogen) atoms. The van der Waals surface area contributed by atoms with Crippen molar-refractivity contribution < 1.29 is 28.8 Å². The van der Waals surface area contributed by atoms with Gasteiger partial charge in [0, 0.05) is 74.1 Å². The number of aliphatic hydroxyl groups excluding tert-OH is 1. The van der Waals surface area contributed by atoms with Crippen molar-refractivity contribution in [2.75, 3.05) is 44.2 Å². The molecule has 2 amide bonds. The van der Waals surface area contributed by atoms with Crippen molar-refractivity contribution in [3.8, 4) is 22.3 Å². The Labute approximate surface area is 421 Å². The normalized spacial score (nSPS) is 21.7. The Bertz CT molecular complexity index is 2690. The van der Waals surface area contributed by atoms with Gasteiger partial charge in [0.2, 0.25) is 11.8 Å². The van der Waals surface area contributed by atoms with Gasteiger partial charge in [0.1, 0.15) is 29.9 Å². The summed E-state index contributed by atoms with van der Waals surface area (Å²) in [7, 11) is 0. The molecule has 5 aromatic rings. The quantitative estimate of drug-likeness (QED) is 0.0853. The Morgan fingerprint density at radius 2 is 1.69 bits per heavy atom. The van der Waals surface area contributed by atoms with Crippen LogP contribution >= 0.6 is 22.9 Å². The monoisotopic (exact) mass is 987 g/mol. The van der Waals surface area contributed by atoms with Crippen molar-refractivity contribution in [3.63, 3.8) is 0 Å². The van der Waals surface area contributed by atoms with Gasteiger partial charge in [-0.15, -0.1) is 11.3 Å². The number of β-amino-alcohol motifs (C(OH)–C–C–N with tert-alkyl or cyclic N) is 1. The Morgan fingerprint density at radius 3 is 2.31 bits per heavy atom. The van der Waals surface area contributed by atoms with Crippen LogP contribution in [0.1, 0.15) is 118 Å². The molecule has 0 unspecified atom stereocenters. The molecule has 2 saturated heterocycles. The first kappa shape index (κ1) is 50.8. The van der Waals surface area contributed by atoms with Crippen LogP contribution in [0.25, 0.3) is 10.4 Å². The molecule has 4 heterocycles. The number of piperazine rings is 1. The Morgan fingerprint density at radius 1 is 0.986 bits per heavy atom. The number of aliphatic hydroxyl groups is 1. The van der Waals surface area contributed by atoms with E-state index < -0.39 is 18.1 Å². The maximum atomic E-state index is 14.3. The number of aryl methyl sites for hydroxylation is 2. The van der Waals surface area contributed by atoms with Crippen molar-refractivity contribution in [1.29, 1.82) is 5.26 Å². The summed E-state index contributed by atoms with van der Waals surface area (Å²) in [6.45, 7) is 20.7. The van der Waals surface area contributed by atoms with E-state index in [-0.39, 0.29) is 65.4 Å². The van der Waals surface area contributed by atoms with Gasteiger partial charge in [0.25, 0.3) is 0 Å². The minimum Gasteiger partial charge on any atom is -0.489 e. The number of hydrogen-bond acceptors (Lipinski definition) is 12. The predicted octanol–water partition coefficient (Wildman–Crippen LogP) is 9.67. The summed E-state index contributed by atoms with van der Waals surface area (Å²) in [4.78, 5) is 53.3. The number of carbonyl (C=O) groups is 3. The molecule has 2 aromatic heterocycles. The van der Waals surface area contributed by atoms with E-state index in [1.807, 2.05) is 75.7 Å². The first-order valence-corrected chi connectivity index (χ1v) is 25.8. The number of Topliss-reactive ketones (excluding diaryl/α,β-unsaturated/α-hetero) is 1. The van der Waals surface area contributed by atoms with E-state index in [1.165, 1.54) is 10.5 Å². The van der Waals surface area contributed by atoms with Gasteiger partial charge in [-0.1, -0.05) is 107 Å². The molecule has 4 atom stereocenters. The summed E-state index contributed by atoms with van der Waals surface area (Å²) in [6, 6.07) is 24.1. The van der Waals surface area contributed by atoms with Crippen molar-refractivity contribution in [2.45, 2.75) is 111 Å². The van der Waals surface area contributed by atoms with E-state index in [1.54, 1.807) is 29.5 Å². The Kier molecular flexibility index (Phi) is 15.2. The average molecular weight is 989 g/mol. The highest BCUT2D eigenvalue weighted by Gasteiger charge is 2.63. The van der Waals surface area contributed by atoms with Gasteiger partial charge in [0.05, 0.1) is 38.8 Å². The van der Waals surface area contributed by atoms with Gasteiger partial charge < -0.3 is 29.5 Å². The topological polar surface area (TPSA) is 165 Å². The maximum absolute atomic E-state index is 14.3. The van der Waals surface area contributed by atoms with Crippen LogP contribution in [0.15, 0.2) is 82.8 Å². The second-order valence-corrected chi connectivity index (χ2v) is 22.3. The molecule has 370 valence electrons. The van der Waals surface area contributed by atoms with E-state index in [0.717, 1.165) is 72.8 Å². The third-order valence-corrected chi connectivity index (χ3v) is 16.5. The van der Waals surface area contributed by atoms with Crippen LogP contribution in [-0.2, 0) is 16.0 Å². The molecule has 3 fully saturated rings. The molecule has 3 aliphatic rings. The molecule has 0 radical (unpaired) electrons. The number of carbonyl (C=O) groups excluding carboxylic acids is 3. The number of thiazole rings is 1. The number of rotatable bonds is 17. The van der Waals surface area contributed by atoms with E-state index in [4.69, 9.17) is 20.9 Å². The number of anilines is 1. The van der Waals surface area contributed by atoms with Crippen LogP contribution in [0.3, 0.4) is 0 Å². The van der Waals surface area contributed by atoms with Gasteiger partial charge in [0.15, 0.2) is 17.4 Å². The summed E-state index contributed by atoms with van der Waals surface area (Å²) < 4.78 is 12.3. The molecule has 1 saturated carbocycles. The summed E-state index contributed by atoms with van der Waals surface area (Å²) >= 11 is 7.87. The molecular weight excluding hydrogens is 922 g/mol. The highest BCUT2D eigenvalue weighted by atomic mass is 35.5. The standard InChI is InChI=1S/C55H66ClN7O6S/c1-33(2)49(52(67)63-31-41(64)26-44(63)51(66)59-34(3)37-15-17-39(18-16-37)50-35(4)58-32-70-50)46-29-48(60-69-46)62-24-22-61(23-25-62)21-9-10-36-11-13-38(14-12-36)45(65)28-47-54(5,6)53(55(47,7)8)68-42-20-19-40(30-57)43(56)27-42/h11-20,27,29,32-34,41,44,47,49,53,64H,9-10,21-26,28,31H2,1-8H3,(H,59,66)/t34-,41+,44-,47?,49-,53?/m0/s1. The third-order valence-electron chi connectivity index (χ3n) is 15.2. The number of nitrogens with one attached hydrogen (secondary N) is 1.